The molecule has 4 heteroatoms. The predicted molar refractivity (Wildman–Crippen MR) is 80.2 cm³/mol. The smallest absolute Gasteiger partial charge is 0.127 e. The van der Waals surface area contributed by atoms with Crippen LogP contribution in [0.15, 0.2) is 24.4 Å². The molecule has 3 rings (SSSR count). The lowest BCUT2D eigenvalue weighted by molar-refractivity contribution is 0.314. The second-order valence-electron chi connectivity index (χ2n) is 5.45. The first kappa shape index (κ1) is 13.0. The van der Waals surface area contributed by atoms with Gasteiger partial charge >= 0.3 is 0 Å². The van der Waals surface area contributed by atoms with E-state index >= 15 is 0 Å². The molecule has 0 radical (unpaired) electrons. The Morgan fingerprint density at radius 1 is 1.35 bits per heavy atom. The SMILES string of the molecule is Cc1cccc2c1OCCCC2Nc1cnn(C)c1C. The van der Waals surface area contributed by atoms with Gasteiger partial charge in [-0.1, -0.05) is 18.2 Å². The molecule has 1 N–H and O–H groups in total. The summed E-state index contributed by atoms with van der Waals surface area (Å²) in [6.07, 6.45) is 4.03. The second kappa shape index (κ2) is 5.19. The Morgan fingerprint density at radius 2 is 2.20 bits per heavy atom. The lowest BCUT2D eigenvalue weighted by atomic mass is 9.99. The lowest BCUT2D eigenvalue weighted by Gasteiger charge is -2.20. The van der Waals surface area contributed by atoms with E-state index in [0.717, 1.165) is 36.6 Å². The summed E-state index contributed by atoms with van der Waals surface area (Å²) in [5.74, 6) is 1.05. The van der Waals surface area contributed by atoms with E-state index in [-0.39, 0.29) is 6.04 Å². The first-order chi connectivity index (χ1) is 9.66. The standard InChI is InChI=1S/C16H21N3O/c1-11-6-4-7-13-14(8-5-9-20-16(11)13)18-15-10-17-19(3)12(15)2/h4,6-7,10,14,18H,5,8-9H2,1-3H3. The van der Waals surface area contributed by atoms with Gasteiger partial charge in [0.2, 0.25) is 0 Å². The number of para-hydroxylation sites is 1. The van der Waals surface area contributed by atoms with Crippen molar-refractivity contribution in [1.82, 2.24) is 9.78 Å². The maximum Gasteiger partial charge on any atom is 0.127 e. The van der Waals surface area contributed by atoms with Crippen LogP contribution in [0, 0.1) is 13.8 Å². The number of anilines is 1. The maximum atomic E-state index is 5.92. The Kier molecular flexibility index (Phi) is 3.38. The van der Waals surface area contributed by atoms with E-state index in [1.165, 1.54) is 11.1 Å². The van der Waals surface area contributed by atoms with E-state index in [2.05, 4.69) is 42.5 Å². The average molecular weight is 271 g/mol. The number of rotatable bonds is 2. The fourth-order valence-electron chi connectivity index (χ4n) is 2.74. The van der Waals surface area contributed by atoms with Crippen molar-refractivity contribution in [2.75, 3.05) is 11.9 Å². The number of aromatic nitrogens is 2. The normalized spacial score (nSPS) is 18.1. The highest BCUT2D eigenvalue weighted by Crippen LogP contribution is 2.36. The van der Waals surface area contributed by atoms with Crippen LogP contribution in [0.3, 0.4) is 0 Å². The molecule has 20 heavy (non-hydrogen) atoms. The van der Waals surface area contributed by atoms with Crippen LogP contribution >= 0.6 is 0 Å². The molecule has 0 fully saturated rings. The molecule has 2 aromatic rings. The summed E-state index contributed by atoms with van der Waals surface area (Å²) in [6.45, 7) is 4.98. The topological polar surface area (TPSA) is 39.1 Å². The number of hydrogen-bond acceptors (Lipinski definition) is 3. The summed E-state index contributed by atoms with van der Waals surface area (Å²) in [6, 6.07) is 6.66. The number of aryl methyl sites for hydroxylation is 2. The molecule has 0 saturated heterocycles. The maximum absolute atomic E-state index is 5.92. The largest absolute Gasteiger partial charge is 0.493 e. The quantitative estimate of drug-likeness (QED) is 0.910. The Bertz CT molecular complexity index is 618. The van der Waals surface area contributed by atoms with Gasteiger partial charge in [0.15, 0.2) is 0 Å². The highest BCUT2D eigenvalue weighted by molar-refractivity contribution is 5.51. The highest BCUT2D eigenvalue weighted by Gasteiger charge is 2.21. The zero-order valence-corrected chi connectivity index (χ0v) is 12.3. The van der Waals surface area contributed by atoms with Gasteiger partial charge < -0.3 is 10.1 Å². The van der Waals surface area contributed by atoms with Crippen molar-refractivity contribution in [3.8, 4) is 5.75 Å². The van der Waals surface area contributed by atoms with Gasteiger partial charge in [-0.3, -0.25) is 4.68 Å². The van der Waals surface area contributed by atoms with Gasteiger partial charge in [-0.25, -0.2) is 0 Å². The van der Waals surface area contributed by atoms with Gasteiger partial charge in [0.05, 0.1) is 30.2 Å². The summed E-state index contributed by atoms with van der Waals surface area (Å²) < 4.78 is 7.82. The molecule has 1 aliphatic heterocycles. The first-order valence-corrected chi connectivity index (χ1v) is 7.14. The Balaban J connectivity index is 1.94. The van der Waals surface area contributed by atoms with Crippen molar-refractivity contribution in [2.24, 2.45) is 7.05 Å². The average Bonchev–Trinajstić information content (AvgIpc) is 2.66. The summed E-state index contributed by atoms with van der Waals surface area (Å²) >= 11 is 0. The Labute approximate surface area is 119 Å². The molecule has 4 nitrogen and oxygen atoms in total. The van der Waals surface area contributed by atoms with Crippen LogP contribution < -0.4 is 10.1 Å². The molecule has 1 unspecified atom stereocenters. The minimum absolute atomic E-state index is 0.287. The van der Waals surface area contributed by atoms with Crippen LogP contribution in [0.25, 0.3) is 0 Å². The van der Waals surface area contributed by atoms with Crippen molar-refractivity contribution in [3.63, 3.8) is 0 Å². The molecule has 0 aliphatic carbocycles. The van der Waals surface area contributed by atoms with Crippen LogP contribution in [0.4, 0.5) is 5.69 Å². The summed E-state index contributed by atoms with van der Waals surface area (Å²) in [5, 5.41) is 7.93. The van der Waals surface area contributed by atoms with E-state index in [1.54, 1.807) is 0 Å². The van der Waals surface area contributed by atoms with Gasteiger partial charge in [-0.15, -0.1) is 0 Å². The molecule has 106 valence electrons. The molecule has 0 saturated carbocycles. The number of ether oxygens (including phenoxy) is 1. The number of nitrogens with zero attached hydrogens (tertiary/aromatic N) is 2. The molecule has 1 aromatic heterocycles. The van der Waals surface area contributed by atoms with Crippen molar-refractivity contribution in [1.29, 1.82) is 0 Å². The summed E-state index contributed by atoms with van der Waals surface area (Å²) in [5.41, 5.74) is 4.72. The predicted octanol–water partition coefficient (Wildman–Crippen LogP) is 3.36. The molecule has 2 heterocycles. The van der Waals surface area contributed by atoms with E-state index in [1.807, 2.05) is 17.9 Å². The van der Waals surface area contributed by atoms with E-state index in [0.29, 0.717) is 0 Å². The van der Waals surface area contributed by atoms with Gasteiger partial charge in [-0.05, 0) is 32.3 Å². The minimum Gasteiger partial charge on any atom is -0.493 e. The molecule has 1 aromatic carbocycles. The third-order valence-corrected chi connectivity index (χ3v) is 4.07. The zero-order chi connectivity index (χ0) is 14.1. The Hall–Kier alpha value is -1.97. The third kappa shape index (κ3) is 2.26. The third-order valence-electron chi connectivity index (χ3n) is 4.07. The molecule has 1 aliphatic rings. The minimum atomic E-state index is 0.287. The van der Waals surface area contributed by atoms with Crippen molar-refractivity contribution in [3.05, 3.63) is 41.2 Å². The van der Waals surface area contributed by atoms with E-state index < -0.39 is 0 Å². The number of benzene rings is 1. The van der Waals surface area contributed by atoms with Crippen molar-refractivity contribution < 1.29 is 4.74 Å². The first-order valence-electron chi connectivity index (χ1n) is 7.14. The monoisotopic (exact) mass is 271 g/mol. The van der Waals surface area contributed by atoms with Crippen molar-refractivity contribution in [2.45, 2.75) is 32.7 Å². The molecular formula is C16H21N3O. The van der Waals surface area contributed by atoms with E-state index in [4.69, 9.17) is 4.74 Å². The van der Waals surface area contributed by atoms with Gasteiger partial charge in [0.25, 0.3) is 0 Å². The number of nitrogens with one attached hydrogen (secondary N) is 1. The molecule has 0 bridgehead atoms. The summed E-state index contributed by atoms with van der Waals surface area (Å²) in [7, 11) is 1.97. The molecular weight excluding hydrogens is 250 g/mol. The number of fused-ring (bicyclic) bond motifs is 1. The van der Waals surface area contributed by atoms with Crippen LogP contribution in [-0.2, 0) is 7.05 Å². The van der Waals surface area contributed by atoms with Crippen molar-refractivity contribution >= 4 is 5.69 Å². The van der Waals surface area contributed by atoms with E-state index in [9.17, 15) is 0 Å². The second-order valence-corrected chi connectivity index (χ2v) is 5.45. The van der Waals surface area contributed by atoms with Crippen LogP contribution in [0.5, 0.6) is 5.75 Å². The van der Waals surface area contributed by atoms with Gasteiger partial charge in [-0.2, -0.15) is 5.10 Å². The molecule has 0 spiro atoms. The summed E-state index contributed by atoms with van der Waals surface area (Å²) in [4.78, 5) is 0. The van der Waals surface area contributed by atoms with Gasteiger partial charge in [0.1, 0.15) is 5.75 Å². The van der Waals surface area contributed by atoms with Crippen LogP contribution in [0.2, 0.25) is 0 Å². The highest BCUT2D eigenvalue weighted by atomic mass is 16.5. The van der Waals surface area contributed by atoms with Gasteiger partial charge in [0, 0.05) is 12.6 Å². The fraction of sp³-hybridized carbons (Fsp3) is 0.438. The number of hydrogen-bond donors (Lipinski definition) is 1. The van der Waals surface area contributed by atoms with Crippen LogP contribution in [0.1, 0.15) is 35.7 Å². The van der Waals surface area contributed by atoms with Crippen LogP contribution in [-0.4, -0.2) is 16.4 Å². The fourth-order valence-corrected chi connectivity index (χ4v) is 2.74. The molecule has 0 amide bonds. The molecule has 1 atom stereocenters. The Morgan fingerprint density at radius 3 is 2.95 bits per heavy atom. The zero-order valence-electron chi connectivity index (χ0n) is 12.3. The lowest BCUT2D eigenvalue weighted by Crippen LogP contribution is -2.11.